The second-order valence-corrected chi connectivity index (χ2v) is 1.41. The Hall–Kier alpha value is 0.974. The quantitative estimate of drug-likeness (QED) is 0.527. The molecule has 0 bridgehead atoms. The van der Waals surface area contributed by atoms with E-state index in [1.807, 2.05) is 0 Å². The smallest absolute Gasteiger partial charge is 0.0511 e. The first-order valence-corrected chi connectivity index (χ1v) is 2.00. The molecule has 1 unspecified atom stereocenters. The van der Waals surface area contributed by atoms with E-state index in [1.165, 1.54) is 25.7 Å². The zero-order valence-corrected chi connectivity index (χ0v) is 7.40. The molecular formula is C4H15NPV+. The fourth-order valence-electron chi connectivity index (χ4n) is 0.250. The van der Waals surface area contributed by atoms with E-state index in [2.05, 4.69) is 0 Å². The number of quaternary nitrogens is 1. The molecule has 1 atom stereocenters. The summed E-state index contributed by atoms with van der Waals surface area (Å²) in [7, 11) is 1.67. The van der Waals surface area contributed by atoms with Gasteiger partial charge in [-0.2, -0.15) is 9.84 Å². The minimum absolute atomic E-state index is 0. The number of hydrogen-bond acceptors (Lipinski definition) is 0. The van der Waals surface area contributed by atoms with Crippen molar-refractivity contribution in [3.63, 3.8) is 0 Å². The molecule has 1 radical (unpaired) electrons. The van der Waals surface area contributed by atoms with Crippen molar-refractivity contribution in [1.82, 2.24) is 6.15 Å². The number of rotatable bonds is 0. The molecule has 0 aromatic heterocycles. The molecule has 45 valence electrons. The summed E-state index contributed by atoms with van der Waals surface area (Å²) in [5.74, 6) is 0. The average molecular weight is 161 g/mol. The summed E-state index contributed by atoms with van der Waals surface area (Å²) in [5.41, 5.74) is 0. The predicted octanol–water partition coefficient (Wildman–Crippen LogP) is 1.99. The maximum Gasteiger partial charge on any atom is 0.0511 e. The summed E-state index contributed by atoms with van der Waals surface area (Å²) in [6.45, 7) is 0. The molecule has 1 rings (SSSR count). The molecule has 1 aliphatic rings. The second-order valence-electron chi connectivity index (χ2n) is 1.41. The van der Waals surface area contributed by atoms with Gasteiger partial charge in [-0.25, -0.2) is 0 Å². The van der Waals surface area contributed by atoms with Gasteiger partial charge in [-0.05, 0) is 0 Å². The Morgan fingerprint density at radius 2 is 1.14 bits per heavy atom. The van der Waals surface area contributed by atoms with Crippen molar-refractivity contribution in [2.75, 3.05) is 0 Å². The first-order chi connectivity index (χ1) is 3.00. The fraction of sp³-hybridized carbons (Fsp3) is 1.00. The van der Waals surface area contributed by atoms with Gasteiger partial charge in [-0.1, -0.05) is 25.7 Å². The molecular weight excluding hydrogens is 144 g/mol. The van der Waals surface area contributed by atoms with Crippen molar-refractivity contribution in [2.24, 2.45) is 0 Å². The zero-order valence-electron chi connectivity index (χ0n) is 5.85. The van der Waals surface area contributed by atoms with E-state index in [1.54, 1.807) is 9.84 Å². The van der Waals surface area contributed by atoms with Crippen molar-refractivity contribution in [3.05, 3.63) is 0 Å². The van der Waals surface area contributed by atoms with Crippen molar-refractivity contribution in [3.8, 4) is 0 Å². The van der Waals surface area contributed by atoms with E-state index >= 15 is 0 Å². The van der Waals surface area contributed by atoms with Crippen molar-refractivity contribution >= 4 is 9.84 Å². The first-order valence-electron chi connectivity index (χ1n) is 2.58. The molecule has 4 N–H and O–H groups in total. The SMILES string of the molecule is C1CCC1.[3H]P.[NH4+].[V]. The topological polar surface area (TPSA) is 36.5 Å². The van der Waals surface area contributed by atoms with E-state index in [0.717, 1.165) is 0 Å². The molecule has 0 aliphatic heterocycles. The van der Waals surface area contributed by atoms with E-state index in [4.69, 9.17) is 1.28 Å². The third-order valence-electron chi connectivity index (χ3n) is 1.000. The minimum atomic E-state index is 0. The molecule has 0 aromatic carbocycles. The van der Waals surface area contributed by atoms with Crippen LogP contribution in [0.3, 0.4) is 0 Å². The Morgan fingerprint density at radius 3 is 1.14 bits per heavy atom. The van der Waals surface area contributed by atoms with Crippen LogP contribution in [0.5, 0.6) is 0 Å². The van der Waals surface area contributed by atoms with Crippen LogP contribution in [0.4, 0.5) is 0 Å². The number of hydrogen-bond donors (Lipinski definition) is 1. The molecule has 1 fully saturated rings. The van der Waals surface area contributed by atoms with Crippen LogP contribution >= 0.6 is 9.84 Å². The maximum absolute atomic E-state index is 5.67. The summed E-state index contributed by atoms with van der Waals surface area (Å²) >= 11 is 0. The Kier molecular flexibility index (Phi) is 15.6. The first kappa shape index (κ1) is 10.9. The van der Waals surface area contributed by atoms with Crippen LogP contribution in [0.1, 0.15) is 25.7 Å². The van der Waals surface area contributed by atoms with Gasteiger partial charge in [0.25, 0.3) is 0 Å². The van der Waals surface area contributed by atoms with Gasteiger partial charge in [-0.15, -0.1) is 0 Å². The summed E-state index contributed by atoms with van der Waals surface area (Å²) in [6.07, 6.45) is 6.00. The van der Waals surface area contributed by atoms with Gasteiger partial charge in [0.15, 0.2) is 0 Å². The van der Waals surface area contributed by atoms with E-state index in [9.17, 15) is 0 Å². The largest absolute Gasteiger partial charge is 0.369 e. The van der Waals surface area contributed by atoms with Crippen LogP contribution in [-0.2, 0) is 18.6 Å². The molecule has 0 aromatic rings. The molecule has 1 nitrogen and oxygen atoms in total. The van der Waals surface area contributed by atoms with Gasteiger partial charge in [0, 0.05) is 18.6 Å². The van der Waals surface area contributed by atoms with Crippen LogP contribution in [0.15, 0.2) is 0 Å². The summed E-state index contributed by atoms with van der Waals surface area (Å²) < 4.78 is 5.67. The van der Waals surface area contributed by atoms with Crippen LogP contribution in [0.2, 0.25) is 0 Å². The van der Waals surface area contributed by atoms with Gasteiger partial charge in [0.1, 0.15) is 0 Å². The molecule has 0 amide bonds. The standard InChI is InChI=1S/C4H8.H3N.H3P.V/c1-2-4-3-1;;;/h1-4H2;2*1H3;/p+1/i;;1T;. The Labute approximate surface area is 62.0 Å². The molecule has 7 heavy (non-hydrogen) atoms. The predicted molar refractivity (Wildman–Crippen MR) is 35.6 cm³/mol. The van der Waals surface area contributed by atoms with Gasteiger partial charge in [0.05, 0.1) is 1.28 Å². The Morgan fingerprint density at radius 1 is 1.00 bits per heavy atom. The van der Waals surface area contributed by atoms with Gasteiger partial charge in [-0.3, -0.25) is 0 Å². The van der Waals surface area contributed by atoms with Crippen LogP contribution in [0, 0.1) is 0 Å². The van der Waals surface area contributed by atoms with Gasteiger partial charge >= 0.3 is 0 Å². The second kappa shape index (κ2) is 10.1. The zero-order chi connectivity index (χ0) is 4.83. The molecule has 3 heteroatoms. The van der Waals surface area contributed by atoms with E-state index in [-0.39, 0.29) is 24.7 Å². The van der Waals surface area contributed by atoms with Crippen LogP contribution < -0.4 is 6.15 Å². The minimum Gasteiger partial charge on any atom is -0.369 e. The van der Waals surface area contributed by atoms with Crippen molar-refractivity contribution in [1.29, 1.82) is 1.28 Å². The molecule has 0 saturated heterocycles. The normalized spacial score (nSPS) is 14.7. The van der Waals surface area contributed by atoms with Crippen LogP contribution in [0.25, 0.3) is 0 Å². The molecule has 0 spiro atoms. The molecule has 1 saturated carbocycles. The molecule has 1 aliphatic carbocycles. The van der Waals surface area contributed by atoms with E-state index < -0.39 is 0 Å². The monoisotopic (exact) mass is 161 g/mol. The Balaban J connectivity index is -0.0000000583. The summed E-state index contributed by atoms with van der Waals surface area (Å²) in [4.78, 5) is 0. The summed E-state index contributed by atoms with van der Waals surface area (Å²) in [5, 5.41) is 0. The van der Waals surface area contributed by atoms with Crippen LogP contribution in [-0.4, -0.2) is 1.28 Å². The van der Waals surface area contributed by atoms with E-state index in [0.29, 0.717) is 0 Å². The third-order valence-corrected chi connectivity index (χ3v) is 1.000. The van der Waals surface area contributed by atoms with Gasteiger partial charge < -0.3 is 6.15 Å². The summed E-state index contributed by atoms with van der Waals surface area (Å²) in [6, 6.07) is 0. The molecule has 0 heterocycles. The third kappa shape index (κ3) is 6.97. The maximum atomic E-state index is 5.67. The van der Waals surface area contributed by atoms with Crippen molar-refractivity contribution < 1.29 is 18.6 Å². The fourth-order valence-corrected chi connectivity index (χ4v) is 0.250. The van der Waals surface area contributed by atoms with Crippen molar-refractivity contribution in [2.45, 2.75) is 25.7 Å². The average Bonchev–Trinajstić information content (AvgIpc) is 1.36. The Bertz CT molecular complexity index is 24.0. The van der Waals surface area contributed by atoms with Gasteiger partial charge in [0.2, 0.25) is 0 Å².